The maximum atomic E-state index is 12.3. The van der Waals surface area contributed by atoms with E-state index in [4.69, 9.17) is 4.74 Å². The zero-order valence-corrected chi connectivity index (χ0v) is 15.1. The number of imide groups is 1. The van der Waals surface area contributed by atoms with Gasteiger partial charge in [-0.05, 0) is 15.9 Å². The summed E-state index contributed by atoms with van der Waals surface area (Å²) in [4.78, 5) is 46.4. The van der Waals surface area contributed by atoms with Crippen LogP contribution in [-0.2, 0) is 9.59 Å². The van der Waals surface area contributed by atoms with E-state index in [1.54, 1.807) is 17.3 Å². The Morgan fingerprint density at radius 1 is 1.32 bits per heavy atom. The average molecular weight is 412 g/mol. The second-order valence-corrected chi connectivity index (χ2v) is 6.81. The van der Waals surface area contributed by atoms with Crippen molar-refractivity contribution >= 4 is 33.8 Å². The van der Waals surface area contributed by atoms with Crippen LogP contribution in [0.1, 0.15) is 19.3 Å². The molecule has 0 aromatic carbocycles. The highest BCUT2D eigenvalue weighted by Crippen LogP contribution is 2.17. The van der Waals surface area contributed by atoms with Gasteiger partial charge in [-0.2, -0.15) is 0 Å². The van der Waals surface area contributed by atoms with Crippen molar-refractivity contribution in [2.24, 2.45) is 0 Å². The molecular weight excluding hydrogens is 394 g/mol. The lowest BCUT2D eigenvalue weighted by Gasteiger charge is -2.27. The lowest BCUT2D eigenvalue weighted by Crippen LogP contribution is -2.50. The van der Waals surface area contributed by atoms with Crippen LogP contribution in [0.3, 0.4) is 0 Å². The van der Waals surface area contributed by atoms with Crippen molar-refractivity contribution in [2.75, 3.05) is 26.2 Å². The average Bonchev–Trinajstić information content (AvgIpc) is 3.04. The van der Waals surface area contributed by atoms with Crippen molar-refractivity contribution in [3.63, 3.8) is 0 Å². The number of hydrogen-bond donors (Lipinski definition) is 1. The van der Waals surface area contributed by atoms with Crippen LogP contribution < -0.4 is 10.1 Å². The molecule has 25 heavy (non-hydrogen) atoms. The molecule has 1 atom stereocenters. The van der Waals surface area contributed by atoms with Crippen molar-refractivity contribution in [1.29, 1.82) is 0 Å². The largest absolute Gasteiger partial charge is 0.458 e. The maximum absolute atomic E-state index is 12.3. The molecule has 2 fully saturated rings. The van der Waals surface area contributed by atoms with Gasteiger partial charge in [-0.15, -0.1) is 0 Å². The fourth-order valence-electron chi connectivity index (χ4n) is 2.76. The van der Waals surface area contributed by atoms with Gasteiger partial charge < -0.3 is 14.5 Å². The summed E-state index contributed by atoms with van der Waals surface area (Å²) in [5.41, 5.74) is 0. The summed E-state index contributed by atoms with van der Waals surface area (Å²) in [5.74, 6) is -0.310. The zero-order valence-electron chi connectivity index (χ0n) is 13.5. The quantitative estimate of drug-likeness (QED) is 0.758. The van der Waals surface area contributed by atoms with E-state index < -0.39 is 6.03 Å². The van der Waals surface area contributed by atoms with Crippen LogP contribution in [0.5, 0.6) is 6.01 Å². The molecule has 1 aromatic heterocycles. The number of halogens is 1. The van der Waals surface area contributed by atoms with Crippen LogP contribution in [0, 0.1) is 0 Å². The Labute approximate surface area is 152 Å². The maximum Gasteiger partial charge on any atom is 0.324 e. The minimum Gasteiger partial charge on any atom is -0.458 e. The van der Waals surface area contributed by atoms with Gasteiger partial charge in [0.05, 0.1) is 11.0 Å². The van der Waals surface area contributed by atoms with E-state index in [1.165, 1.54) is 4.90 Å². The van der Waals surface area contributed by atoms with Crippen molar-refractivity contribution in [1.82, 2.24) is 25.1 Å². The number of aromatic nitrogens is 2. The summed E-state index contributed by atoms with van der Waals surface area (Å²) in [6, 6.07) is -0.142. The SMILES string of the molecule is O=C1CCN(CCC(=O)N2CCC(Oc3ncc(Br)cn3)C2)C(=O)N1. The van der Waals surface area contributed by atoms with Gasteiger partial charge in [-0.25, -0.2) is 14.8 Å². The fourth-order valence-corrected chi connectivity index (χ4v) is 2.97. The lowest BCUT2D eigenvalue weighted by atomic mass is 10.2. The van der Waals surface area contributed by atoms with Gasteiger partial charge >= 0.3 is 12.0 Å². The first-order valence-electron chi connectivity index (χ1n) is 8.02. The van der Waals surface area contributed by atoms with Gasteiger partial charge in [-0.1, -0.05) is 0 Å². The minimum absolute atomic E-state index is 0.0347. The summed E-state index contributed by atoms with van der Waals surface area (Å²) in [6.45, 7) is 1.73. The number of amides is 4. The van der Waals surface area contributed by atoms with E-state index in [1.807, 2.05) is 0 Å². The Hall–Kier alpha value is -2.23. The number of rotatable bonds is 5. The molecule has 0 aliphatic carbocycles. The first-order valence-corrected chi connectivity index (χ1v) is 8.81. The molecule has 1 aromatic rings. The number of ether oxygens (including phenoxy) is 1. The summed E-state index contributed by atoms with van der Waals surface area (Å²) in [6.07, 6.45) is 4.28. The van der Waals surface area contributed by atoms with E-state index in [0.717, 1.165) is 4.47 Å². The number of nitrogens with one attached hydrogen (secondary N) is 1. The topological polar surface area (TPSA) is 105 Å². The summed E-state index contributed by atoms with van der Waals surface area (Å²) in [5, 5.41) is 2.25. The van der Waals surface area contributed by atoms with E-state index in [0.29, 0.717) is 32.6 Å². The molecule has 3 rings (SSSR count). The second kappa shape index (κ2) is 7.77. The van der Waals surface area contributed by atoms with Crippen LogP contribution in [0.4, 0.5) is 4.79 Å². The van der Waals surface area contributed by atoms with E-state index >= 15 is 0 Å². The molecule has 3 heterocycles. The molecule has 2 saturated heterocycles. The second-order valence-electron chi connectivity index (χ2n) is 5.89. The van der Waals surface area contributed by atoms with Crippen LogP contribution in [0.15, 0.2) is 16.9 Å². The van der Waals surface area contributed by atoms with Crippen molar-refractivity contribution < 1.29 is 19.1 Å². The number of nitrogens with zero attached hydrogens (tertiary/aromatic N) is 4. The minimum atomic E-state index is -0.431. The third kappa shape index (κ3) is 4.65. The summed E-state index contributed by atoms with van der Waals surface area (Å²) < 4.78 is 6.45. The van der Waals surface area contributed by atoms with Crippen molar-refractivity contribution in [3.05, 3.63) is 16.9 Å². The first-order chi connectivity index (χ1) is 12.0. The molecule has 4 amide bonds. The molecule has 0 spiro atoms. The van der Waals surface area contributed by atoms with Gasteiger partial charge in [0.2, 0.25) is 11.8 Å². The van der Waals surface area contributed by atoms with Crippen molar-refractivity contribution in [2.45, 2.75) is 25.4 Å². The number of hydrogen-bond acceptors (Lipinski definition) is 6. The smallest absolute Gasteiger partial charge is 0.324 e. The molecule has 1 unspecified atom stereocenters. The molecule has 134 valence electrons. The number of carbonyl (C=O) groups excluding carboxylic acids is 3. The molecule has 10 heteroatoms. The number of urea groups is 1. The fraction of sp³-hybridized carbons (Fsp3) is 0.533. The third-order valence-electron chi connectivity index (χ3n) is 4.10. The van der Waals surface area contributed by atoms with Crippen LogP contribution >= 0.6 is 15.9 Å². The molecule has 2 aliphatic rings. The highest BCUT2D eigenvalue weighted by molar-refractivity contribution is 9.10. The molecule has 1 N–H and O–H groups in total. The monoisotopic (exact) mass is 411 g/mol. The third-order valence-corrected chi connectivity index (χ3v) is 4.51. The van der Waals surface area contributed by atoms with E-state index in [2.05, 4.69) is 31.2 Å². The Morgan fingerprint density at radius 3 is 2.80 bits per heavy atom. The Bertz CT molecular complexity index is 668. The molecule has 2 aliphatic heterocycles. The van der Waals surface area contributed by atoms with E-state index in [9.17, 15) is 14.4 Å². The van der Waals surface area contributed by atoms with Crippen LogP contribution in [0.25, 0.3) is 0 Å². The molecular formula is C15H18BrN5O4. The number of carbonyl (C=O) groups is 3. The highest BCUT2D eigenvalue weighted by Gasteiger charge is 2.29. The van der Waals surface area contributed by atoms with Crippen molar-refractivity contribution in [3.8, 4) is 6.01 Å². The van der Waals surface area contributed by atoms with Gasteiger partial charge in [-0.3, -0.25) is 14.9 Å². The predicted octanol–water partition coefficient (Wildman–Crippen LogP) is 0.551. The predicted molar refractivity (Wildman–Crippen MR) is 89.7 cm³/mol. The van der Waals surface area contributed by atoms with Gasteiger partial charge in [0.25, 0.3) is 0 Å². The molecule has 0 saturated carbocycles. The van der Waals surface area contributed by atoms with Gasteiger partial charge in [0, 0.05) is 51.3 Å². The summed E-state index contributed by atoms with van der Waals surface area (Å²) in [7, 11) is 0. The highest BCUT2D eigenvalue weighted by atomic mass is 79.9. The summed E-state index contributed by atoms with van der Waals surface area (Å²) >= 11 is 3.26. The van der Waals surface area contributed by atoms with Crippen LogP contribution in [0.2, 0.25) is 0 Å². The van der Waals surface area contributed by atoms with Gasteiger partial charge in [0.15, 0.2) is 0 Å². The Balaban J connectivity index is 1.43. The lowest BCUT2D eigenvalue weighted by molar-refractivity contribution is -0.130. The molecule has 9 nitrogen and oxygen atoms in total. The molecule has 0 radical (unpaired) electrons. The Morgan fingerprint density at radius 2 is 2.08 bits per heavy atom. The van der Waals surface area contributed by atoms with Gasteiger partial charge in [0.1, 0.15) is 6.10 Å². The first kappa shape index (κ1) is 17.6. The standard InChI is InChI=1S/C15H18BrN5O4/c16-10-7-17-14(18-8-10)25-11-1-4-21(9-11)13(23)3-6-20-5-2-12(22)19-15(20)24/h7-8,11H,1-6,9H2,(H,19,22,24). The molecule has 0 bridgehead atoms. The zero-order chi connectivity index (χ0) is 17.8. The number of likely N-dealkylation sites (tertiary alicyclic amines) is 1. The van der Waals surface area contributed by atoms with E-state index in [-0.39, 0.29) is 36.8 Å². The normalized spacial score (nSPS) is 20.6. The van der Waals surface area contributed by atoms with Crippen LogP contribution in [-0.4, -0.2) is 69.9 Å². The Kier molecular flexibility index (Phi) is 5.47.